The minimum Gasteiger partial charge on any atom is -0.496 e. The number of carbonyl (C=O) groups is 1. The number of ether oxygens (including phenoxy) is 2. The van der Waals surface area contributed by atoms with E-state index in [9.17, 15) is 4.79 Å². The van der Waals surface area contributed by atoms with E-state index in [1.807, 2.05) is 46.8 Å². The molecule has 0 N–H and O–H groups in total. The lowest BCUT2D eigenvalue weighted by atomic mass is 9.97. The topological polar surface area (TPSA) is 77.4 Å². The first-order valence-corrected chi connectivity index (χ1v) is 12.4. The number of hydrogen-bond donors (Lipinski definition) is 0. The van der Waals surface area contributed by atoms with Crippen LogP contribution in [0.3, 0.4) is 0 Å². The molecule has 0 saturated carbocycles. The fourth-order valence-electron chi connectivity index (χ4n) is 4.44. The van der Waals surface area contributed by atoms with Gasteiger partial charge in [-0.3, -0.25) is 0 Å². The van der Waals surface area contributed by atoms with E-state index >= 15 is 4.39 Å². The average molecular weight is 545 g/mol. The van der Waals surface area contributed by atoms with Gasteiger partial charge in [-0.25, -0.2) is 24.1 Å². The van der Waals surface area contributed by atoms with E-state index in [2.05, 4.69) is 25.9 Å². The maximum Gasteiger partial charge on any atom is 0.410 e. The lowest BCUT2D eigenvalue weighted by Crippen LogP contribution is -2.42. The summed E-state index contributed by atoms with van der Waals surface area (Å²) in [5.41, 5.74) is 2.48. The van der Waals surface area contributed by atoms with Gasteiger partial charge in [-0.05, 0) is 86.6 Å². The highest BCUT2D eigenvalue weighted by Gasteiger charge is 2.30. The molecule has 0 unspecified atom stereocenters. The molecule has 0 aliphatic carbocycles. The van der Waals surface area contributed by atoms with Crippen LogP contribution in [0.15, 0.2) is 22.8 Å². The number of piperidine rings is 1. The van der Waals surface area contributed by atoms with Gasteiger partial charge < -0.3 is 14.4 Å². The molecule has 1 aromatic carbocycles. The Bertz CT molecular complexity index is 1290. The number of nitrogens with zero attached hydrogens (tertiary/aromatic N) is 4. The molecule has 3 aromatic rings. The highest BCUT2D eigenvalue weighted by Crippen LogP contribution is 2.37. The fraction of sp³-hybridized carbons (Fsp3) is 0.462. The molecular weight excluding hydrogens is 515 g/mol. The molecule has 1 fully saturated rings. The largest absolute Gasteiger partial charge is 0.496 e. The average Bonchev–Trinajstić information content (AvgIpc) is 2.78. The van der Waals surface area contributed by atoms with Crippen molar-refractivity contribution in [1.82, 2.24) is 19.9 Å². The third-order valence-electron chi connectivity index (χ3n) is 5.95. The molecule has 9 heteroatoms. The molecule has 3 heterocycles. The third-order valence-corrected chi connectivity index (χ3v) is 6.55. The minimum atomic E-state index is -0.563. The van der Waals surface area contributed by atoms with E-state index in [-0.39, 0.29) is 17.7 Å². The number of halogens is 2. The normalized spacial score (nSPS) is 16.5. The second-order valence-corrected chi connectivity index (χ2v) is 10.7. The first-order chi connectivity index (χ1) is 16.5. The Morgan fingerprint density at radius 2 is 1.91 bits per heavy atom. The summed E-state index contributed by atoms with van der Waals surface area (Å²) in [5.74, 6) is 0.564. The Morgan fingerprint density at radius 1 is 1.17 bits per heavy atom. The maximum absolute atomic E-state index is 15.3. The van der Waals surface area contributed by atoms with Gasteiger partial charge in [-0.2, -0.15) is 0 Å². The Balaban J connectivity index is 1.73. The molecular formula is C26H30BrFN4O3. The second kappa shape index (κ2) is 9.68. The number of fused-ring (bicyclic) bond motifs is 1. The molecule has 7 nitrogen and oxygen atoms in total. The number of rotatable bonds is 3. The molecule has 0 spiro atoms. The summed E-state index contributed by atoms with van der Waals surface area (Å²) in [6.07, 6.45) is 1.30. The quantitative estimate of drug-likeness (QED) is 0.358. The van der Waals surface area contributed by atoms with E-state index in [1.54, 1.807) is 12.0 Å². The second-order valence-electron chi connectivity index (χ2n) is 9.99. The predicted octanol–water partition coefficient (Wildman–Crippen LogP) is 6.33. The number of pyridine rings is 1. The fourth-order valence-corrected chi connectivity index (χ4v) is 4.92. The SMILES string of the molecule is COc1cc(C)cc(C)c1-c1nc2nc([C@@H]3CCCN(C(=O)OC(C)(C)C)C3)nc(Br)c2cc1F. The summed E-state index contributed by atoms with van der Waals surface area (Å²) in [7, 11) is 1.56. The van der Waals surface area contributed by atoms with Gasteiger partial charge in [-0.15, -0.1) is 0 Å². The number of amides is 1. The summed E-state index contributed by atoms with van der Waals surface area (Å²) in [5, 5.41) is 0.485. The summed E-state index contributed by atoms with van der Waals surface area (Å²) in [4.78, 5) is 28.2. The highest BCUT2D eigenvalue weighted by atomic mass is 79.9. The summed E-state index contributed by atoms with van der Waals surface area (Å²) >= 11 is 3.48. The Labute approximate surface area is 213 Å². The number of carbonyl (C=O) groups excluding carboxylic acids is 1. The van der Waals surface area contributed by atoms with Crippen LogP contribution in [-0.2, 0) is 4.74 Å². The van der Waals surface area contributed by atoms with Crippen LogP contribution in [0, 0.1) is 19.7 Å². The molecule has 1 saturated heterocycles. The summed E-state index contributed by atoms with van der Waals surface area (Å²) in [6, 6.07) is 5.23. The van der Waals surface area contributed by atoms with Crippen molar-refractivity contribution in [2.45, 2.75) is 59.0 Å². The number of methoxy groups -OCH3 is 1. The number of benzene rings is 1. The van der Waals surface area contributed by atoms with Crippen molar-refractivity contribution in [1.29, 1.82) is 0 Å². The lowest BCUT2D eigenvalue weighted by Gasteiger charge is -2.33. The van der Waals surface area contributed by atoms with Crippen LogP contribution in [0.4, 0.5) is 9.18 Å². The molecule has 1 atom stereocenters. The van der Waals surface area contributed by atoms with Gasteiger partial charge in [0.1, 0.15) is 33.3 Å². The Kier molecular flexibility index (Phi) is 6.99. The zero-order valence-electron chi connectivity index (χ0n) is 20.9. The van der Waals surface area contributed by atoms with Gasteiger partial charge in [0.2, 0.25) is 0 Å². The van der Waals surface area contributed by atoms with Gasteiger partial charge in [0.05, 0.1) is 12.5 Å². The molecule has 1 amide bonds. The van der Waals surface area contributed by atoms with Crippen molar-refractivity contribution in [2.75, 3.05) is 20.2 Å². The van der Waals surface area contributed by atoms with E-state index in [4.69, 9.17) is 14.5 Å². The van der Waals surface area contributed by atoms with Gasteiger partial charge in [0.15, 0.2) is 5.65 Å². The summed E-state index contributed by atoms with van der Waals surface area (Å²) < 4.78 is 26.8. The molecule has 186 valence electrons. The van der Waals surface area contributed by atoms with E-state index in [0.717, 1.165) is 24.0 Å². The third kappa shape index (κ3) is 5.39. The highest BCUT2D eigenvalue weighted by molar-refractivity contribution is 9.10. The molecule has 0 radical (unpaired) electrons. The van der Waals surface area contributed by atoms with Crippen molar-refractivity contribution in [3.8, 4) is 17.0 Å². The molecule has 35 heavy (non-hydrogen) atoms. The maximum atomic E-state index is 15.3. The van der Waals surface area contributed by atoms with Crippen LogP contribution in [0.2, 0.25) is 0 Å². The zero-order valence-corrected chi connectivity index (χ0v) is 22.5. The van der Waals surface area contributed by atoms with Crippen molar-refractivity contribution >= 4 is 33.1 Å². The van der Waals surface area contributed by atoms with Crippen molar-refractivity contribution in [2.24, 2.45) is 0 Å². The van der Waals surface area contributed by atoms with E-state index in [0.29, 0.717) is 45.9 Å². The standard InChI is InChI=1S/C26H30BrFN4O3/c1-14-10-15(2)20(19(11-14)34-6)21-18(28)12-17-22(27)30-23(31-24(17)29-21)16-8-7-9-32(13-16)25(33)35-26(3,4)5/h10-12,16H,7-9,13H2,1-6H3/t16-/m1/s1. The van der Waals surface area contributed by atoms with Gasteiger partial charge in [-0.1, -0.05) is 6.07 Å². The van der Waals surface area contributed by atoms with Crippen LogP contribution in [0.1, 0.15) is 56.5 Å². The first kappa shape index (κ1) is 25.3. The van der Waals surface area contributed by atoms with Gasteiger partial charge in [0, 0.05) is 24.6 Å². The molecule has 0 bridgehead atoms. The van der Waals surface area contributed by atoms with Crippen LogP contribution >= 0.6 is 15.9 Å². The smallest absolute Gasteiger partial charge is 0.410 e. The zero-order chi connectivity index (χ0) is 25.5. The predicted molar refractivity (Wildman–Crippen MR) is 136 cm³/mol. The van der Waals surface area contributed by atoms with Gasteiger partial charge in [0.25, 0.3) is 0 Å². The van der Waals surface area contributed by atoms with Crippen LogP contribution in [0.25, 0.3) is 22.3 Å². The minimum absolute atomic E-state index is 0.0806. The molecule has 2 aromatic heterocycles. The number of aromatic nitrogens is 3. The molecule has 1 aliphatic heterocycles. The first-order valence-electron chi connectivity index (χ1n) is 11.6. The number of hydrogen-bond acceptors (Lipinski definition) is 6. The number of likely N-dealkylation sites (tertiary alicyclic amines) is 1. The number of aryl methyl sites for hydroxylation is 2. The lowest BCUT2D eigenvalue weighted by molar-refractivity contribution is 0.0196. The van der Waals surface area contributed by atoms with E-state index < -0.39 is 11.4 Å². The van der Waals surface area contributed by atoms with Crippen molar-refractivity contribution in [3.05, 3.63) is 45.6 Å². The monoisotopic (exact) mass is 544 g/mol. The van der Waals surface area contributed by atoms with Crippen LogP contribution in [0.5, 0.6) is 5.75 Å². The summed E-state index contributed by atoms with van der Waals surface area (Å²) in [6.45, 7) is 10.5. The van der Waals surface area contributed by atoms with Crippen molar-refractivity contribution in [3.63, 3.8) is 0 Å². The van der Waals surface area contributed by atoms with Crippen LogP contribution < -0.4 is 4.74 Å². The van der Waals surface area contributed by atoms with Gasteiger partial charge >= 0.3 is 6.09 Å². The van der Waals surface area contributed by atoms with Crippen LogP contribution in [-0.4, -0.2) is 51.7 Å². The Morgan fingerprint density at radius 3 is 2.60 bits per heavy atom. The molecule has 1 aliphatic rings. The molecule has 4 rings (SSSR count). The van der Waals surface area contributed by atoms with E-state index in [1.165, 1.54) is 6.07 Å². The van der Waals surface area contributed by atoms with Crippen molar-refractivity contribution < 1.29 is 18.7 Å². The Hall–Kier alpha value is -2.81.